The van der Waals surface area contributed by atoms with E-state index in [9.17, 15) is 4.39 Å². The largest absolute Gasteiger partial charge is 0.493 e. The van der Waals surface area contributed by atoms with Gasteiger partial charge in [0.2, 0.25) is 0 Å². The molecule has 1 rings (SSSR count). The van der Waals surface area contributed by atoms with Crippen LogP contribution in [0.5, 0.6) is 5.75 Å². The predicted molar refractivity (Wildman–Crippen MR) is 78.5 cm³/mol. The fourth-order valence-electron chi connectivity index (χ4n) is 1.61. The van der Waals surface area contributed by atoms with E-state index in [2.05, 4.69) is 11.6 Å². The molecule has 0 aliphatic heterocycles. The van der Waals surface area contributed by atoms with Crippen molar-refractivity contribution < 1.29 is 13.9 Å². The summed E-state index contributed by atoms with van der Waals surface area (Å²) in [5, 5.41) is 3.18. The second kappa shape index (κ2) is 10.1. The molecular formula is C14H22FNO2S. The molecule has 0 aliphatic rings. The van der Waals surface area contributed by atoms with Gasteiger partial charge in [-0.15, -0.1) is 0 Å². The summed E-state index contributed by atoms with van der Waals surface area (Å²) < 4.78 is 23.9. The molecule has 0 saturated heterocycles. The number of hydrogen-bond donors (Lipinski definition) is 1. The van der Waals surface area contributed by atoms with Crippen molar-refractivity contribution in [2.75, 3.05) is 38.9 Å². The van der Waals surface area contributed by atoms with Gasteiger partial charge < -0.3 is 14.8 Å². The van der Waals surface area contributed by atoms with Crippen LogP contribution in [0.1, 0.15) is 12.0 Å². The summed E-state index contributed by atoms with van der Waals surface area (Å²) in [4.78, 5) is 0. The highest BCUT2D eigenvalue weighted by Crippen LogP contribution is 2.17. The molecule has 0 spiro atoms. The molecule has 0 aromatic heterocycles. The maximum absolute atomic E-state index is 13.4. The van der Waals surface area contributed by atoms with Crippen molar-refractivity contribution in [2.24, 2.45) is 0 Å². The van der Waals surface area contributed by atoms with Gasteiger partial charge in [-0.1, -0.05) is 0 Å². The van der Waals surface area contributed by atoms with Crippen molar-refractivity contribution in [3.05, 3.63) is 29.6 Å². The zero-order valence-corrected chi connectivity index (χ0v) is 12.4. The summed E-state index contributed by atoms with van der Waals surface area (Å²) in [6.07, 6.45) is 3.03. The van der Waals surface area contributed by atoms with Gasteiger partial charge in [-0.3, -0.25) is 0 Å². The van der Waals surface area contributed by atoms with Gasteiger partial charge in [-0.2, -0.15) is 11.8 Å². The number of ether oxygens (including phenoxy) is 2. The molecule has 5 heteroatoms. The average Bonchev–Trinajstić information content (AvgIpc) is 2.39. The first-order valence-electron chi connectivity index (χ1n) is 6.37. The van der Waals surface area contributed by atoms with Crippen LogP contribution in [0, 0.1) is 5.82 Å². The van der Waals surface area contributed by atoms with E-state index in [1.165, 1.54) is 12.1 Å². The lowest BCUT2D eigenvalue weighted by Crippen LogP contribution is -2.18. The number of nitrogens with one attached hydrogen (secondary N) is 1. The highest BCUT2D eigenvalue weighted by atomic mass is 32.2. The second-order valence-electron chi connectivity index (χ2n) is 4.16. The molecule has 0 aliphatic carbocycles. The summed E-state index contributed by atoms with van der Waals surface area (Å²) in [6, 6.07) is 4.83. The molecule has 1 aromatic carbocycles. The summed E-state index contributed by atoms with van der Waals surface area (Å²) >= 11 is 1.78. The number of hydrogen-bond acceptors (Lipinski definition) is 4. The van der Waals surface area contributed by atoms with E-state index in [1.54, 1.807) is 18.9 Å². The van der Waals surface area contributed by atoms with Crippen molar-refractivity contribution in [1.82, 2.24) is 5.32 Å². The summed E-state index contributed by atoms with van der Waals surface area (Å²) in [5.74, 6) is 1.40. The Bertz CT molecular complexity index is 333. The van der Waals surface area contributed by atoms with Crippen LogP contribution >= 0.6 is 11.8 Å². The van der Waals surface area contributed by atoms with Crippen molar-refractivity contribution >= 4 is 11.8 Å². The number of halogens is 1. The molecule has 0 amide bonds. The van der Waals surface area contributed by atoms with Crippen LogP contribution < -0.4 is 10.1 Å². The normalized spacial score (nSPS) is 10.7. The van der Waals surface area contributed by atoms with Gasteiger partial charge >= 0.3 is 0 Å². The molecule has 3 nitrogen and oxygen atoms in total. The van der Waals surface area contributed by atoms with E-state index >= 15 is 0 Å². The van der Waals surface area contributed by atoms with Crippen LogP contribution in [0.15, 0.2) is 18.2 Å². The fraction of sp³-hybridized carbons (Fsp3) is 0.571. The molecule has 0 saturated carbocycles. The van der Waals surface area contributed by atoms with Crippen LogP contribution in [-0.4, -0.2) is 38.9 Å². The van der Waals surface area contributed by atoms with E-state index in [-0.39, 0.29) is 5.82 Å². The minimum Gasteiger partial charge on any atom is -0.493 e. The predicted octanol–water partition coefficient (Wildman–Crippen LogP) is 2.69. The van der Waals surface area contributed by atoms with E-state index in [4.69, 9.17) is 9.47 Å². The van der Waals surface area contributed by atoms with E-state index < -0.39 is 0 Å². The molecule has 0 bridgehead atoms. The van der Waals surface area contributed by atoms with Gasteiger partial charge in [-0.25, -0.2) is 4.39 Å². The molecular weight excluding hydrogens is 265 g/mol. The molecule has 0 fully saturated rings. The Labute approximate surface area is 118 Å². The number of benzene rings is 1. The van der Waals surface area contributed by atoms with Crippen LogP contribution in [0.2, 0.25) is 0 Å². The third kappa shape index (κ3) is 7.40. The first-order valence-corrected chi connectivity index (χ1v) is 7.76. The summed E-state index contributed by atoms with van der Waals surface area (Å²) in [6.45, 7) is 2.63. The van der Waals surface area contributed by atoms with Crippen LogP contribution in [0.25, 0.3) is 0 Å². The van der Waals surface area contributed by atoms with Crippen molar-refractivity contribution in [3.8, 4) is 5.75 Å². The third-order valence-corrected chi connectivity index (χ3v) is 3.20. The highest BCUT2D eigenvalue weighted by Gasteiger charge is 2.02. The molecule has 0 atom stereocenters. The van der Waals surface area contributed by atoms with Gasteiger partial charge in [0.05, 0.1) is 13.2 Å². The number of thioether (sulfide) groups is 1. The van der Waals surface area contributed by atoms with E-state index in [0.29, 0.717) is 25.5 Å². The monoisotopic (exact) mass is 287 g/mol. The van der Waals surface area contributed by atoms with E-state index in [1.807, 2.05) is 6.07 Å². The molecule has 0 unspecified atom stereocenters. The third-order valence-electron chi connectivity index (χ3n) is 2.50. The Hall–Kier alpha value is -0.780. The van der Waals surface area contributed by atoms with Gasteiger partial charge in [0.25, 0.3) is 0 Å². The maximum Gasteiger partial charge on any atom is 0.127 e. The first-order chi connectivity index (χ1) is 9.26. The minimum absolute atomic E-state index is 0.258. The standard InChI is InChI=1S/C14H22FNO2S/c1-17-6-4-16-11-12-8-13(15)10-14(9-12)18-5-3-7-19-2/h8-10,16H,3-7,11H2,1-2H3. The van der Waals surface area contributed by atoms with Gasteiger partial charge in [0, 0.05) is 26.3 Å². The van der Waals surface area contributed by atoms with Crippen molar-refractivity contribution in [2.45, 2.75) is 13.0 Å². The Morgan fingerprint density at radius 1 is 1.26 bits per heavy atom. The Kier molecular flexibility index (Phi) is 8.62. The quantitative estimate of drug-likeness (QED) is 0.670. The highest BCUT2D eigenvalue weighted by molar-refractivity contribution is 7.98. The SMILES string of the molecule is COCCNCc1cc(F)cc(OCCCSC)c1. The molecule has 0 radical (unpaired) electrons. The smallest absolute Gasteiger partial charge is 0.127 e. The second-order valence-corrected chi connectivity index (χ2v) is 5.15. The lowest BCUT2D eigenvalue weighted by atomic mass is 10.2. The average molecular weight is 287 g/mol. The fourth-order valence-corrected chi connectivity index (χ4v) is 2.01. The lowest BCUT2D eigenvalue weighted by molar-refractivity contribution is 0.199. The number of rotatable bonds is 10. The summed E-state index contributed by atoms with van der Waals surface area (Å²) in [7, 11) is 1.66. The molecule has 1 N–H and O–H groups in total. The minimum atomic E-state index is -0.258. The van der Waals surface area contributed by atoms with Gasteiger partial charge in [0.15, 0.2) is 0 Å². The molecule has 19 heavy (non-hydrogen) atoms. The zero-order valence-electron chi connectivity index (χ0n) is 11.6. The zero-order chi connectivity index (χ0) is 13.9. The molecule has 1 aromatic rings. The topological polar surface area (TPSA) is 30.5 Å². The molecule has 0 heterocycles. The van der Waals surface area contributed by atoms with E-state index in [0.717, 1.165) is 24.3 Å². The maximum atomic E-state index is 13.4. The Balaban J connectivity index is 2.41. The Morgan fingerprint density at radius 2 is 2.11 bits per heavy atom. The van der Waals surface area contributed by atoms with Crippen LogP contribution in [0.3, 0.4) is 0 Å². The first kappa shape index (κ1) is 16.3. The summed E-state index contributed by atoms with van der Waals surface area (Å²) in [5.41, 5.74) is 0.885. The van der Waals surface area contributed by atoms with Crippen LogP contribution in [0.4, 0.5) is 4.39 Å². The van der Waals surface area contributed by atoms with Crippen molar-refractivity contribution in [3.63, 3.8) is 0 Å². The Morgan fingerprint density at radius 3 is 2.84 bits per heavy atom. The van der Waals surface area contributed by atoms with Gasteiger partial charge in [-0.05, 0) is 36.1 Å². The molecule has 108 valence electrons. The van der Waals surface area contributed by atoms with Gasteiger partial charge in [0.1, 0.15) is 11.6 Å². The van der Waals surface area contributed by atoms with Crippen molar-refractivity contribution in [1.29, 1.82) is 0 Å². The lowest BCUT2D eigenvalue weighted by Gasteiger charge is -2.09. The van der Waals surface area contributed by atoms with Crippen LogP contribution in [-0.2, 0) is 11.3 Å². The number of methoxy groups -OCH3 is 1.